The molecule has 0 amide bonds. The van der Waals surface area contributed by atoms with Gasteiger partial charge in [0.15, 0.2) is 0 Å². The van der Waals surface area contributed by atoms with Crippen LogP contribution in [0.3, 0.4) is 0 Å². The fraction of sp³-hybridized carbons (Fsp3) is 0.600. The second-order valence-electron chi connectivity index (χ2n) is 5.66. The van der Waals surface area contributed by atoms with Gasteiger partial charge >= 0.3 is 0 Å². The number of fused-ring (bicyclic) bond motifs is 2. The monoisotopic (exact) mass is 308 g/mol. The number of anilines is 1. The number of hydrogen-bond donors (Lipinski definition) is 1. The second kappa shape index (κ2) is 4.86. The van der Waals surface area contributed by atoms with E-state index in [1.165, 1.54) is 41.4 Å². The van der Waals surface area contributed by atoms with Crippen molar-refractivity contribution >= 4 is 21.6 Å². The van der Waals surface area contributed by atoms with Crippen LogP contribution in [0.1, 0.15) is 31.2 Å². The molecule has 0 aromatic heterocycles. The predicted molar refractivity (Wildman–Crippen MR) is 80.2 cm³/mol. The number of nitrogens with zero attached hydrogens (tertiary/aromatic N) is 1. The molecule has 2 heterocycles. The van der Waals surface area contributed by atoms with Crippen LogP contribution in [-0.2, 0) is 0 Å². The Labute approximate surface area is 118 Å². The van der Waals surface area contributed by atoms with Gasteiger partial charge in [0.25, 0.3) is 0 Å². The maximum absolute atomic E-state index is 3.77. The summed E-state index contributed by atoms with van der Waals surface area (Å²) in [5.41, 5.74) is 2.74. The summed E-state index contributed by atoms with van der Waals surface area (Å²) in [6.45, 7) is 2.18. The molecule has 1 aromatic rings. The summed E-state index contributed by atoms with van der Waals surface area (Å²) in [6.07, 6.45) is 5.27. The van der Waals surface area contributed by atoms with Gasteiger partial charge in [0, 0.05) is 22.6 Å². The van der Waals surface area contributed by atoms with Crippen LogP contribution in [0.5, 0.6) is 0 Å². The number of rotatable bonds is 2. The van der Waals surface area contributed by atoms with Gasteiger partial charge in [-0.2, -0.15) is 0 Å². The molecular formula is C15H21BrN2. The van der Waals surface area contributed by atoms with Gasteiger partial charge in [-0.1, -0.05) is 12.1 Å². The summed E-state index contributed by atoms with van der Waals surface area (Å²) in [6, 6.07) is 8.78. The Hall–Kier alpha value is -0.540. The number of benzene rings is 1. The highest BCUT2D eigenvalue weighted by Gasteiger charge is 2.40. The number of nitrogens with one attached hydrogen (secondary N) is 1. The molecular weight excluding hydrogens is 288 g/mol. The van der Waals surface area contributed by atoms with Crippen LogP contribution in [0, 0.1) is 6.92 Å². The van der Waals surface area contributed by atoms with E-state index >= 15 is 0 Å². The summed E-state index contributed by atoms with van der Waals surface area (Å²) in [7, 11) is 2.10. The lowest BCUT2D eigenvalue weighted by Crippen LogP contribution is -2.48. The van der Waals surface area contributed by atoms with Crippen LogP contribution in [0.2, 0.25) is 0 Å². The second-order valence-corrected chi connectivity index (χ2v) is 6.45. The SMILES string of the molecule is CNC1CC2CCC(C1)N2c1cccc(C)c1Br. The molecule has 0 aliphatic carbocycles. The topological polar surface area (TPSA) is 15.3 Å². The zero-order chi connectivity index (χ0) is 12.7. The quantitative estimate of drug-likeness (QED) is 0.900. The van der Waals surface area contributed by atoms with E-state index in [0.717, 1.165) is 12.1 Å². The molecule has 2 saturated heterocycles. The number of piperidine rings is 1. The highest BCUT2D eigenvalue weighted by atomic mass is 79.9. The standard InChI is InChI=1S/C15H21BrN2/c1-10-4-3-5-14(15(10)16)18-12-6-7-13(18)9-11(8-12)17-2/h3-5,11-13,17H,6-9H2,1-2H3. The van der Waals surface area contributed by atoms with Gasteiger partial charge < -0.3 is 10.2 Å². The molecule has 3 heteroatoms. The Morgan fingerprint density at radius 2 is 1.89 bits per heavy atom. The third kappa shape index (κ3) is 1.97. The minimum absolute atomic E-state index is 0.710. The van der Waals surface area contributed by atoms with Crippen molar-refractivity contribution in [2.75, 3.05) is 11.9 Å². The molecule has 0 radical (unpaired) electrons. The largest absolute Gasteiger partial charge is 0.365 e. The van der Waals surface area contributed by atoms with E-state index in [9.17, 15) is 0 Å². The van der Waals surface area contributed by atoms with Gasteiger partial charge in [-0.15, -0.1) is 0 Å². The summed E-state index contributed by atoms with van der Waals surface area (Å²) < 4.78 is 1.28. The van der Waals surface area contributed by atoms with Crippen LogP contribution in [-0.4, -0.2) is 25.2 Å². The fourth-order valence-corrected chi connectivity index (χ4v) is 4.11. The van der Waals surface area contributed by atoms with Crippen molar-refractivity contribution in [3.05, 3.63) is 28.2 Å². The van der Waals surface area contributed by atoms with E-state index in [1.807, 2.05) is 0 Å². The molecule has 2 bridgehead atoms. The van der Waals surface area contributed by atoms with Crippen LogP contribution < -0.4 is 10.2 Å². The first-order valence-corrected chi connectivity index (χ1v) is 7.70. The summed E-state index contributed by atoms with van der Waals surface area (Å²) in [4.78, 5) is 2.67. The van der Waals surface area contributed by atoms with E-state index < -0.39 is 0 Å². The molecule has 0 spiro atoms. The molecule has 3 rings (SSSR count). The summed E-state index contributed by atoms with van der Waals surface area (Å²) >= 11 is 3.77. The van der Waals surface area contributed by atoms with Gasteiger partial charge in [-0.05, 0) is 67.2 Å². The summed E-state index contributed by atoms with van der Waals surface area (Å²) in [5.74, 6) is 0. The number of hydrogen-bond acceptors (Lipinski definition) is 2. The Morgan fingerprint density at radius 3 is 2.50 bits per heavy atom. The third-order valence-corrected chi connectivity index (χ3v) is 5.62. The molecule has 2 aliphatic rings. The Kier molecular flexibility index (Phi) is 3.37. The van der Waals surface area contributed by atoms with Crippen molar-refractivity contribution in [2.45, 2.75) is 50.7 Å². The van der Waals surface area contributed by atoms with Crippen molar-refractivity contribution in [1.82, 2.24) is 5.32 Å². The lowest BCUT2D eigenvalue weighted by molar-refractivity contribution is 0.373. The normalized spacial score (nSPS) is 30.8. The molecule has 18 heavy (non-hydrogen) atoms. The van der Waals surface area contributed by atoms with Crippen LogP contribution >= 0.6 is 15.9 Å². The van der Waals surface area contributed by atoms with E-state index in [1.54, 1.807) is 0 Å². The average molecular weight is 309 g/mol. The van der Waals surface area contributed by atoms with E-state index in [2.05, 4.69) is 58.3 Å². The number of halogens is 1. The van der Waals surface area contributed by atoms with Crippen LogP contribution in [0.4, 0.5) is 5.69 Å². The molecule has 2 aliphatic heterocycles. The van der Waals surface area contributed by atoms with Crippen molar-refractivity contribution in [3.63, 3.8) is 0 Å². The number of aryl methyl sites for hydroxylation is 1. The molecule has 1 N–H and O–H groups in total. The molecule has 98 valence electrons. The van der Waals surface area contributed by atoms with Crippen LogP contribution in [0.25, 0.3) is 0 Å². The molecule has 2 unspecified atom stereocenters. The lowest BCUT2D eigenvalue weighted by atomic mass is 9.96. The maximum Gasteiger partial charge on any atom is 0.0518 e. The molecule has 0 saturated carbocycles. The van der Waals surface area contributed by atoms with E-state index in [0.29, 0.717) is 6.04 Å². The fourth-order valence-electron chi connectivity index (χ4n) is 3.64. The lowest BCUT2D eigenvalue weighted by Gasteiger charge is -2.41. The van der Waals surface area contributed by atoms with Crippen molar-refractivity contribution < 1.29 is 0 Å². The average Bonchev–Trinajstić information content (AvgIpc) is 2.63. The highest BCUT2D eigenvalue weighted by Crippen LogP contribution is 2.42. The van der Waals surface area contributed by atoms with Crippen molar-refractivity contribution in [3.8, 4) is 0 Å². The smallest absolute Gasteiger partial charge is 0.0518 e. The van der Waals surface area contributed by atoms with Crippen molar-refractivity contribution in [1.29, 1.82) is 0 Å². The highest BCUT2D eigenvalue weighted by molar-refractivity contribution is 9.10. The van der Waals surface area contributed by atoms with Gasteiger partial charge in [0.2, 0.25) is 0 Å². The first-order valence-electron chi connectivity index (χ1n) is 6.91. The molecule has 1 aromatic carbocycles. The molecule has 2 fully saturated rings. The van der Waals surface area contributed by atoms with Gasteiger partial charge in [0.05, 0.1) is 5.69 Å². The van der Waals surface area contributed by atoms with Gasteiger partial charge in [0.1, 0.15) is 0 Å². The summed E-state index contributed by atoms with van der Waals surface area (Å²) in [5, 5.41) is 3.46. The minimum Gasteiger partial charge on any atom is -0.365 e. The zero-order valence-corrected chi connectivity index (χ0v) is 12.7. The van der Waals surface area contributed by atoms with Gasteiger partial charge in [-0.3, -0.25) is 0 Å². The van der Waals surface area contributed by atoms with E-state index in [-0.39, 0.29) is 0 Å². The van der Waals surface area contributed by atoms with E-state index in [4.69, 9.17) is 0 Å². The Bertz CT molecular complexity index is 432. The molecule has 2 atom stereocenters. The predicted octanol–water partition coefficient (Wildman–Crippen LogP) is 3.48. The first-order chi connectivity index (χ1) is 8.70. The van der Waals surface area contributed by atoms with Crippen LogP contribution in [0.15, 0.2) is 22.7 Å². The van der Waals surface area contributed by atoms with Crippen molar-refractivity contribution in [2.24, 2.45) is 0 Å². The Morgan fingerprint density at radius 1 is 1.22 bits per heavy atom. The third-order valence-electron chi connectivity index (χ3n) is 4.59. The first kappa shape index (κ1) is 12.5. The molecule has 2 nitrogen and oxygen atoms in total. The van der Waals surface area contributed by atoms with Gasteiger partial charge in [-0.25, -0.2) is 0 Å². The Balaban J connectivity index is 1.92. The maximum atomic E-state index is 3.77. The minimum atomic E-state index is 0.710. The zero-order valence-electron chi connectivity index (χ0n) is 11.1.